The average Bonchev–Trinajstić information content (AvgIpc) is 2.58. The number of carbonyl (C=O) groups excluding carboxylic acids is 2. The summed E-state index contributed by atoms with van der Waals surface area (Å²) in [5.74, 6) is -0.0172. The number of likely N-dealkylation sites (tertiary alicyclic amines) is 1. The molecule has 1 saturated heterocycles. The van der Waals surface area contributed by atoms with Crippen LogP contribution in [-0.4, -0.2) is 34.7 Å². The molecule has 1 aliphatic heterocycles. The molecule has 24 heavy (non-hydrogen) atoms. The van der Waals surface area contributed by atoms with Crippen LogP contribution >= 0.6 is 0 Å². The number of hydrogen-bond acceptors (Lipinski definition) is 4. The molecule has 5 nitrogen and oxygen atoms in total. The summed E-state index contributed by atoms with van der Waals surface area (Å²) >= 11 is 0. The molecule has 0 unspecified atom stereocenters. The van der Waals surface area contributed by atoms with Crippen LogP contribution in [0.4, 0.5) is 0 Å². The minimum absolute atomic E-state index is 0.0515. The SMILES string of the molecule is CC1(C)C(=O)C(C#N)=C[C@]2(C)CN(C(=O)c3cccnc3)CC[C@@H]12. The average molecular weight is 323 g/mol. The molecule has 2 heterocycles. The van der Waals surface area contributed by atoms with Gasteiger partial charge in [-0.3, -0.25) is 14.6 Å². The fourth-order valence-electron chi connectivity index (χ4n) is 4.38. The van der Waals surface area contributed by atoms with E-state index < -0.39 is 5.41 Å². The molecule has 1 amide bonds. The third-order valence-corrected chi connectivity index (χ3v) is 5.51. The summed E-state index contributed by atoms with van der Waals surface area (Å²) in [4.78, 5) is 31.1. The van der Waals surface area contributed by atoms with Gasteiger partial charge in [-0.1, -0.05) is 26.8 Å². The molecule has 0 N–H and O–H groups in total. The van der Waals surface area contributed by atoms with Gasteiger partial charge in [0.15, 0.2) is 5.78 Å². The van der Waals surface area contributed by atoms with Crippen molar-refractivity contribution in [3.05, 3.63) is 41.7 Å². The zero-order valence-corrected chi connectivity index (χ0v) is 14.2. The molecule has 0 spiro atoms. The molecule has 3 rings (SSSR count). The minimum Gasteiger partial charge on any atom is -0.338 e. The number of piperidine rings is 1. The maximum Gasteiger partial charge on any atom is 0.255 e. The first-order valence-corrected chi connectivity index (χ1v) is 8.16. The van der Waals surface area contributed by atoms with Gasteiger partial charge in [0.1, 0.15) is 6.07 Å². The van der Waals surface area contributed by atoms with E-state index in [4.69, 9.17) is 0 Å². The first-order valence-electron chi connectivity index (χ1n) is 8.16. The molecule has 0 bridgehead atoms. The van der Waals surface area contributed by atoms with Gasteiger partial charge in [-0.25, -0.2) is 0 Å². The molecule has 1 aromatic heterocycles. The number of aromatic nitrogens is 1. The minimum atomic E-state index is -0.585. The lowest BCUT2D eigenvalue weighted by Crippen LogP contribution is -2.56. The Kier molecular flexibility index (Phi) is 3.79. The van der Waals surface area contributed by atoms with Gasteiger partial charge in [0.25, 0.3) is 5.91 Å². The summed E-state index contributed by atoms with van der Waals surface area (Å²) in [6, 6.07) is 5.55. The van der Waals surface area contributed by atoms with Crippen molar-refractivity contribution in [3.8, 4) is 6.07 Å². The van der Waals surface area contributed by atoms with E-state index in [0.717, 1.165) is 6.42 Å². The van der Waals surface area contributed by atoms with E-state index in [9.17, 15) is 14.9 Å². The molecular formula is C19H21N3O2. The number of nitriles is 1. The largest absolute Gasteiger partial charge is 0.338 e. The molecule has 2 atom stereocenters. The van der Waals surface area contributed by atoms with Crippen LogP contribution < -0.4 is 0 Å². The number of allylic oxidation sites excluding steroid dienone is 1. The van der Waals surface area contributed by atoms with Crippen LogP contribution in [-0.2, 0) is 4.79 Å². The number of nitrogens with zero attached hydrogens (tertiary/aromatic N) is 3. The van der Waals surface area contributed by atoms with Crippen LogP contribution in [0.25, 0.3) is 0 Å². The highest BCUT2D eigenvalue weighted by Gasteiger charge is 2.53. The zero-order chi connectivity index (χ0) is 17.5. The predicted octanol–water partition coefficient (Wildman–Crippen LogP) is 2.61. The normalized spacial score (nSPS) is 28.6. The first-order chi connectivity index (χ1) is 11.3. The highest BCUT2D eigenvalue weighted by atomic mass is 16.2. The zero-order valence-electron chi connectivity index (χ0n) is 14.2. The van der Waals surface area contributed by atoms with E-state index in [1.165, 1.54) is 0 Å². The third-order valence-electron chi connectivity index (χ3n) is 5.51. The molecular weight excluding hydrogens is 302 g/mol. The lowest BCUT2D eigenvalue weighted by Gasteiger charge is -2.52. The van der Waals surface area contributed by atoms with Crippen molar-refractivity contribution in [2.75, 3.05) is 13.1 Å². The Bertz CT molecular complexity index is 761. The molecule has 5 heteroatoms. The number of ketones is 1. The van der Waals surface area contributed by atoms with E-state index in [1.807, 2.05) is 31.7 Å². The molecule has 1 aliphatic carbocycles. The second-order valence-corrected chi connectivity index (χ2v) is 7.54. The lowest BCUT2D eigenvalue weighted by molar-refractivity contribution is -0.131. The fraction of sp³-hybridized carbons (Fsp3) is 0.474. The highest BCUT2D eigenvalue weighted by molar-refractivity contribution is 6.04. The first kappa shape index (κ1) is 16.4. The van der Waals surface area contributed by atoms with Gasteiger partial charge >= 0.3 is 0 Å². The number of amides is 1. The Balaban J connectivity index is 1.94. The van der Waals surface area contributed by atoms with E-state index >= 15 is 0 Å². The third kappa shape index (κ3) is 2.43. The van der Waals surface area contributed by atoms with Crippen LogP contribution in [0, 0.1) is 28.1 Å². The Morgan fingerprint density at radius 2 is 2.17 bits per heavy atom. The van der Waals surface area contributed by atoms with Gasteiger partial charge in [0, 0.05) is 36.3 Å². The van der Waals surface area contributed by atoms with E-state index in [-0.39, 0.29) is 28.6 Å². The molecule has 0 aromatic carbocycles. The summed E-state index contributed by atoms with van der Waals surface area (Å²) in [6.07, 6.45) is 5.74. The molecule has 124 valence electrons. The van der Waals surface area contributed by atoms with Gasteiger partial charge < -0.3 is 4.90 Å². The fourth-order valence-corrected chi connectivity index (χ4v) is 4.38. The number of rotatable bonds is 1. The van der Waals surface area contributed by atoms with E-state index in [1.54, 1.807) is 30.6 Å². The summed E-state index contributed by atoms with van der Waals surface area (Å²) < 4.78 is 0. The standard InChI is InChI=1S/C19H21N3O2/c1-18(2)15-6-8-22(17(24)13-5-4-7-21-11-13)12-19(15,3)9-14(10-20)16(18)23/h4-5,7,9,11,15H,6,8,12H2,1-3H3/t15-,19+/m0/s1. The molecule has 1 aromatic rings. The van der Waals surface area contributed by atoms with Gasteiger partial charge in [-0.05, 0) is 24.5 Å². The summed E-state index contributed by atoms with van der Waals surface area (Å²) in [5.41, 5.74) is -0.180. The van der Waals surface area contributed by atoms with Crippen molar-refractivity contribution in [2.45, 2.75) is 27.2 Å². The van der Waals surface area contributed by atoms with Crippen molar-refractivity contribution in [1.82, 2.24) is 9.88 Å². The summed E-state index contributed by atoms with van der Waals surface area (Å²) in [5, 5.41) is 9.32. The van der Waals surface area contributed by atoms with Gasteiger partial charge in [-0.2, -0.15) is 5.26 Å². The Morgan fingerprint density at radius 3 is 2.79 bits per heavy atom. The monoisotopic (exact) mass is 323 g/mol. The number of carbonyl (C=O) groups is 2. The van der Waals surface area contributed by atoms with E-state index in [2.05, 4.69) is 4.98 Å². The predicted molar refractivity (Wildman–Crippen MR) is 88.8 cm³/mol. The van der Waals surface area contributed by atoms with Crippen molar-refractivity contribution in [2.24, 2.45) is 16.7 Å². The number of Topliss-reactive ketones (excluding diaryl/α,β-unsaturated/α-hetero) is 1. The van der Waals surface area contributed by atoms with Crippen LogP contribution in [0.2, 0.25) is 0 Å². The Hall–Kier alpha value is -2.48. The Morgan fingerprint density at radius 1 is 1.42 bits per heavy atom. The van der Waals surface area contributed by atoms with Gasteiger partial charge in [0.2, 0.25) is 0 Å². The summed E-state index contributed by atoms with van der Waals surface area (Å²) in [6.45, 7) is 7.00. The van der Waals surface area contributed by atoms with Crippen molar-refractivity contribution in [1.29, 1.82) is 5.26 Å². The van der Waals surface area contributed by atoms with Crippen LogP contribution in [0.15, 0.2) is 36.2 Å². The smallest absolute Gasteiger partial charge is 0.255 e. The lowest BCUT2D eigenvalue weighted by atomic mass is 9.55. The maximum atomic E-state index is 12.7. The van der Waals surface area contributed by atoms with Crippen molar-refractivity contribution < 1.29 is 9.59 Å². The topological polar surface area (TPSA) is 74.1 Å². The summed E-state index contributed by atoms with van der Waals surface area (Å²) in [7, 11) is 0. The Labute approximate surface area is 142 Å². The number of fused-ring (bicyclic) bond motifs is 1. The van der Waals surface area contributed by atoms with E-state index in [0.29, 0.717) is 18.7 Å². The second kappa shape index (κ2) is 5.55. The maximum absolute atomic E-state index is 12.7. The molecule has 0 radical (unpaired) electrons. The van der Waals surface area contributed by atoms with Gasteiger partial charge in [-0.15, -0.1) is 0 Å². The van der Waals surface area contributed by atoms with Crippen LogP contribution in [0.5, 0.6) is 0 Å². The number of hydrogen-bond donors (Lipinski definition) is 0. The van der Waals surface area contributed by atoms with Crippen molar-refractivity contribution in [3.63, 3.8) is 0 Å². The van der Waals surface area contributed by atoms with Gasteiger partial charge in [0.05, 0.1) is 11.1 Å². The highest BCUT2D eigenvalue weighted by Crippen LogP contribution is 2.52. The second-order valence-electron chi connectivity index (χ2n) is 7.54. The quantitative estimate of drug-likeness (QED) is 0.796. The van der Waals surface area contributed by atoms with Crippen LogP contribution in [0.3, 0.4) is 0 Å². The molecule has 0 saturated carbocycles. The molecule has 1 fully saturated rings. The molecule has 2 aliphatic rings. The van der Waals surface area contributed by atoms with Crippen molar-refractivity contribution >= 4 is 11.7 Å². The van der Waals surface area contributed by atoms with Crippen LogP contribution in [0.1, 0.15) is 37.6 Å². The number of pyridine rings is 1.